The molecule has 0 saturated heterocycles. The highest BCUT2D eigenvalue weighted by molar-refractivity contribution is 5.46. The molecule has 0 saturated carbocycles. The molecule has 2 aromatic rings. The Hall–Kier alpha value is -2.11. The van der Waals surface area contributed by atoms with E-state index in [9.17, 15) is 0 Å². The zero-order valence-electron chi connectivity index (χ0n) is 10.8. The van der Waals surface area contributed by atoms with E-state index in [0.29, 0.717) is 18.4 Å². The van der Waals surface area contributed by atoms with E-state index in [0.717, 1.165) is 23.6 Å². The number of nitrogens with zero attached hydrogens (tertiary/aromatic N) is 3. The minimum Gasteiger partial charge on any atom is -0.444 e. The summed E-state index contributed by atoms with van der Waals surface area (Å²) < 4.78 is 5.52. The van der Waals surface area contributed by atoms with Crippen molar-refractivity contribution in [1.29, 1.82) is 0 Å². The van der Waals surface area contributed by atoms with Crippen LogP contribution in [-0.2, 0) is 13.0 Å². The molecule has 18 heavy (non-hydrogen) atoms. The third-order valence-electron chi connectivity index (χ3n) is 2.55. The summed E-state index contributed by atoms with van der Waals surface area (Å²) in [6.45, 7) is 4.50. The third kappa shape index (κ3) is 2.77. The summed E-state index contributed by atoms with van der Waals surface area (Å²) in [4.78, 5) is 12.6. The molecule has 0 amide bonds. The lowest BCUT2D eigenvalue weighted by Gasteiger charge is -2.07. The molecule has 0 bridgehead atoms. The van der Waals surface area contributed by atoms with Crippen molar-refractivity contribution in [3.05, 3.63) is 29.6 Å². The lowest BCUT2D eigenvalue weighted by molar-refractivity contribution is 0.465. The smallest absolute Gasteiger partial charge is 0.224 e. The van der Waals surface area contributed by atoms with E-state index < -0.39 is 0 Å². The Kier molecular flexibility index (Phi) is 3.76. The Morgan fingerprint density at radius 2 is 2.11 bits per heavy atom. The molecular weight excluding hydrogens is 230 g/mol. The lowest BCUT2D eigenvalue weighted by Crippen LogP contribution is -2.06. The van der Waals surface area contributed by atoms with Crippen molar-refractivity contribution >= 4 is 11.8 Å². The second-order valence-electron chi connectivity index (χ2n) is 3.90. The van der Waals surface area contributed by atoms with Crippen LogP contribution < -0.4 is 10.6 Å². The summed E-state index contributed by atoms with van der Waals surface area (Å²) in [6.07, 6.45) is 4.38. The van der Waals surface area contributed by atoms with Crippen molar-refractivity contribution in [2.24, 2.45) is 0 Å². The lowest BCUT2D eigenvalue weighted by atomic mass is 10.3. The fourth-order valence-electron chi connectivity index (χ4n) is 1.49. The first-order valence-corrected chi connectivity index (χ1v) is 5.91. The SMILES string of the molecule is CCc1cnc(CNc2nc(NC)ncc2C)o1. The minimum atomic E-state index is 0.515. The Bertz CT molecular complexity index is 523. The van der Waals surface area contributed by atoms with Gasteiger partial charge in [0.25, 0.3) is 0 Å². The monoisotopic (exact) mass is 247 g/mol. The van der Waals surface area contributed by atoms with E-state index in [-0.39, 0.29) is 0 Å². The molecular formula is C12H17N5O. The fraction of sp³-hybridized carbons (Fsp3) is 0.417. The first-order valence-electron chi connectivity index (χ1n) is 5.91. The highest BCUT2D eigenvalue weighted by Gasteiger charge is 2.05. The van der Waals surface area contributed by atoms with Crippen LogP contribution in [0.15, 0.2) is 16.8 Å². The summed E-state index contributed by atoms with van der Waals surface area (Å²) in [6, 6.07) is 0. The first-order chi connectivity index (χ1) is 8.72. The molecule has 0 radical (unpaired) electrons. The molecule has 6 heteroatoms. The molecule has 6 nitrogen and oxygen atoms in total. The number of oxazole rings is 1. The van der Waals surface area contributed by atoms with Gasteiger partial charge in [0.05, 0.1) is 12.7 Å². The molecule has 0 fully saturated rings. The zero-order chi connectivity index (χ0) is 13.0. The predicted octanol–water partition coefficient (Wildman–Crippen LogP) is 1.99. The normalized spacial score (nSPS) is 10.4. The van der Waals surface area contributed by atoms with Gasteiger partial charge in [-0.15, -0.1) is 0 Å². The molecule has 0 unspecified atom stereocenters. The van der Waals surface area contributed by atoms with Gasteiger partial charge in [0.1, 0.15) is 11.6 Å². The number of nitrogens with one attached hydrogen (secondary N) is 2. The second kappa shape index (κ2) is 5.48. The van der Waals surface area contributed by atoms with E-state index in [1.807, 2.05) is 13.8 Å². The van der Waals surface area contributed by atoms with Crippen molar-refractivity contribution in [2.45, 2.75) is 26.8 Å². The number of rotatable bonds is 5. The molecule has 2 aromatic heterocycles. The van der Waals surface area contributed by atoms with E-state index in [2.05, 4.69) is 25.6 Å². The Labute approximate surface area is 106 Å². The quantitative estimate of drug-likeness (QED) is 0.841. The largest absolute Gasteiger partial charge is 0.444 e. The number of aromatic nitrogens is 3. The second-order valence-corrected chi connectivity index (χ2v) is 3.90. The average Bonchev–Trinajstić information content (AvgIpc) is 2.86. The fourth-order valence-corrected chi connectivity index (χ4v) is 1.49. The Morgan fingerprint density at radius 1 is 1.28 bits per heavy atom. The van der Waals surface area contributed by atoms with Crippen molar-refractivity contribution < 1.29 is 4.42 Å². The summed E-state index contributed by atoms with van der Waals surface area (Å²) in [5.41, 5.74) is 0.983. The summed E-state index contributed by atoms with van der Waals surface area (Å²) >= 11 is 0. The molecule has 0 aliphatic heterocycles. The van der Waals surface area contributed by atoms with Crippen LogP contribution in [0.1, 0.15) is 24.1 Å². The number of aryl methyl sites for hydroxylation is 2. The predicted molar refractivity (Wildman–Crippen MR) is 69.5 cm³/mol. The standard InChI is InChI=1S/C12H17N5O/c1-4-9-6-14-10(18-9)7-15-11-8(2)5-16-12(13-3)17-11/h5-6H,4,7H2,1-3H3,(H2,13,15,16,17). The molecule has 2 heterocycles. The maximum atomic E-state index is 5.52. The van der Waals surface area contributed by atoms with Crippen molar-refractivity contribution in [3.8, 4) is 0 Å². The molecule has 96 valence electrons. The van der Waals surface area contributed by atoms with Gasteiger partial charge in [-0.05, 0) is 6.92 Å². The van der Waals surface area contributed by atoms with Crippen molar-refractivity contribution in [3.63, 3.8) is 0 Å². The maximum Gasteiger partial charge on any atom is 0.224 e. The van der Waals surface area contributed by atoms with Crippen molar-refractivity contribution in [1.82, 2.24) is 15.0 Å². The first kappa shape index (κ1) is 12.3. The van der Waals surface area contributed by atoms with Gasteiger partial charge >= 0.3 is 0 Å². The van der Waals surface area contributed by atoms with Crippen LogP contribution in [0, 0.1) is 6.92 Å². The van der Waals surface area contributed by atoms with Gasteiger partial charge in [0, 0.05) is 25.2 Å². The topological polar surface area (TPSA) is 75.9 Å². The van der Waals surface area contributed by atoms with Gasteiger partial charge in [0.2, 0.25) is 11.8 Å². The van der Waals surface area contributed by atoms with Crippen LogP contribution in [0.2, 0.25) is 0 Å². The van der Waals surface area contributed by atoms with Gasteiger partial charge in [-0.3, -0.25) is 0 Å². The summed E-state index contributed by atoms with van der Waals surface area (Å²) in [5, 5.41) is 6.10. The van der Waals surface area contributed by atoms with E-state index in [1.165, 1.54) is 0 Å². The van der Waals surface area contributed by atoms with Crippen LogP contribution >= 0.6 is 0 Å². The molecule has 0 spiro atoms. The highest BCUT2D eigenvalue weighted by Crippen LogP contribution is 2.13. The number of hydrogen-bond acceptors (Lipinski definition) is 6. The van der Waals surface area contributed by atoms with E-state index in [4.69, 9.17) is 4.42 Å². The van der Waals surface area contributed by atoms with Crippen LogP contribution in [0.4, 0.5) is 11.8 Å². The summed E-state index contributed by atoms with van der Waals surface area (Å²) in [7, 11) is 1.79. The average molecular weight is 247 g/mol. The molecule has 0 atom stereocenters. The van der Waals surface area contributed by atoms with E-state index in [1.54, 1.807) is 19.4 Å². The highest BCUT2D eigenvalue weighted by atomic mass is 16.4. The van der Waals surface area contributed by atoms with Gasteiger partial charge in [0.15, 0.2) is 0 Å². The molecule has 2 N–H and O–H groups in total. The molecule has 0 aliphatic rings. The zero-order valence-corrected chi connectivity index (χ0v) is 10.8. The van der Waals surface area contributed by atoms with Crippen LogP contribution in [0.25, 0.3) is 0 Å². The molecule has 0 aromatic carbocycles. The third-order valence-corrected chi connectivity index (χ3v) is 2.55. The Balaban J connectivity index is 2.05. The van der Waals surface area contributed by atoms with E-state index >= 15 is 0 Å². The molecule has 0 aliphatic carbocycles. The van der Waals surface area contributed by atoms with Crippen molar-refractivity contribution in [2.75, 3.05) is 17.7 Å². The van der Waals surface area contributed by atoms with Gasteiger partial charge in [-0.1, -0.05) is 6.92 Å². The summed E-state index contributed by atoms with van der Waals surface area (Å²) in [5.74, 6) is 2.92. The van der Waals surface area contributed by atoms with Gasteiger partial charge in [-0.2, -0.15) is 4.98 Å². The molecule has 2 rings (SSSR count). The number of anilines is 2. The van der Waals surface area contributed by atoms with Gasteiger partial charge in [-0.25, -0.2) is 9.97 Å². The Morgan fingerprint density at radius 3 is 2.78 bits per heavy atom. The maximum absolute atomic E-state index is 5.52. The van der Waals surface area contributed by atoms with Crippen LogP contribution in [0.3, 0.4) is 0 Å². The van der Waals surface area contributed by atoms with Crippen LogP contribution in [-0.4, -0.2) is 22.0 Å². The minimum absolute atomic E-state index is 0.515. The van der Waals surface area contributed by atoms with Crippen LogP contribution in [0.5, 0.6) is 0 Å². The number of hydrogen-bond donors (Lipinski definition) is 2. The van der Waals surface area contributed by atoms with Gasteiger partial charge < -0.3 is 15.1 Å².